The molecule has 2 aromatic rings. The van der Waals surface area contributed by atoms with Crippen molar-refractivity contribution in [2.75, 3.05) is 6.54 Å². The molecule has 110 valence electrons. The summed E-state index contributed by atoms with van der Waals surface area (Å²) in [6.45, 7) is 1.40. The van der Waals surface area contributed by atoms with Crippen LogP contribution in [0.2, 0.25) is 0 Å². The van der Waals surface area contributed by atoms with Crippen LogP contribution in [0, 0.1) is 5.82 Å². The highest BCUT2D eigenvalue weighted by atomic mass is 19.1. The Kier molecular flexibility index (Phi) is 3.84. The molecule has 2 heterocycles. The maximum absolute atomic E-state index is 13.8. The van der Waals surface area contributed by atoms with Crippen molar-refractivity contribution in [3.63, 3.8) is 0 Å². The molecule has 0 spiro atoms. The van der Waals surface area contributed by atoms with Crippen LogP contribution < -0.4 is 5.73 Å². The highest BCUT2D eigenvalue weighted by molar-refractivity contribution is 5.82. The van der Waals surface area contributed by atoms with Crippen molar-refractivity contribution < 1.29 is 9.18 Å². The van der Waals surface area contributed by atoms with Gasteiger partial charge in [-0.1, -0.05) is 12.5 Å². The number of fused-ring (bicyclic) bond motifs is 1. The zero-order chi connectivity index (χ0) is 14.8. The Hall–Kier alpha value is -2.01. The number of nitrogens with zero attached hydrogens (tertiary/aromatic N) is 2. The molecule has 1 aromatic carbocycles. The molecule has 5 heteroatoms. The van der Waals surface area contributed by atoms with E-state index in [1.54, 1.807) is 24.4 Å². The third-order valence-electron chi connectivity index (χ3n) is 4.12. The second-order valence-corrected chi connectivity index (χ2v) is 5.49. The van der Waals surface area contributed by atoms with Crippen LogP contribution in [0.5, 0.6) is 0 Å². The van der Waals surface area contributed by atoms with Gasteiger partial charge in [-0.15, -0.1) is 0 Å². The van der Waals surface area contributed by atoms with E-state index in [0.717, 1.165) is 31.4 Å². The molecule has 0 radical (unpaired) electrons. The molecule has 1 saturated heterocycles. The maximum Gasteiger partial charge on any atom is 0.234 e. The molecule has 4 nitrogen and oxygen atoms in total. The van der Waals surface area contributed by atoms with Crippen molar-refractivity contribution in [3.8, 4) is 0 Å². The number of hydrogen-bond acceptors (Lipinski definition) is 3. The van der Waals surface area contributed by atoms with Crippen molar-refractivity contribution in [2.45, 2.75) is 31.8 Å². The molecule has 1 aliphatic rings. The Morgan fingerprint density at radius 2 is 2.24 bits per heavy atom. The predicted molar refractivity (Wildman–Crippen MR) is 78.9 cm³/mol. The zero-order valence-corrected chi connectivity index (χ0v) is 11.8. The SMILES string of the molecule is NC(=O)C1CCCCN1Cc1ccc(F)c2cccnc12. The number of primary amides is 1. The van der Waals surface area contributed by atoms with E-state index in [4.69, 9.17) is 5.73 Å². The van der Waals surface area contributed by atoms with Gasteiger partial charge in [0.25, 0.3) is 0 Å². The third kappa shape index (κ3) is 2.74. The normalized spacial score (nSPS) is 19.8. The summed E-state index contributed by atoms with van der Waals surface area (Å²) in [4.78, 5) is 17.9. The lowest BCUT2D eigenvalue weighted by Crippen LogP contribution is -2.47. The summed E-state index contributed by atoms with van der Waals surface area (Å²) in [6, 6.07) is 6.42. The quantitative estimate of drug-likeness (QED) is 0.941. The first-order chi connectivity index (χ1) is 10.2. The molecular weight excluding hydrogens is 269 g/mol. The lowest BCUT2D eigenvalue weighted by atomic mass is 10.00. The van der Waals surface area contributed by atoms with E-state index in [1.807, 2.05) is 0 Å². The molecule has 2 N–H and O–H groups in total. The number of hydrogen-bond donors (Lipinski definition) is 1. The Balaban J connectivity index is 1.94. The van der Waals surface area contributed by atoms with E-state index >= 15 is 0 Å². The summed E-state index contributed by atoms with van der Waals surface area (Å²) in [5.74, 6) is -0.555. The van der Waals surface area contributed by atoms with Gasteiger partial charge in [-0.3, -0.25) is 14.7 Å². The number of pyridine rings is 1. The molecule has 3 rings (SSSR count). The number of aromatic nitrogens is 1. The number of halogens is 1. The lowest BCUT2D eigenvalue weighted by Gasteiger charge is -2.33. The molecule has 1 atom stereocenters. The minimum absolute atomic E-state index is 0.234. The number of likely N-dealkylation sites (tertiary alicyclic amines) is 1. The number of piperidine rings is 1. The fourth-order valence-electron chi connectivity index (χ4n) is 3.05. The van der Waals surface area contributed by atoms with E-state index < -0.39 is 0 Å². The zero-order valence-electron chi connectivity index (χ0n) is 11.8. The van der Waals surface area contributed by atoms with E-state index in [2.05, 4.69) is 9.88 Å². The molecule has 0 aliphatic carbocycles. The van der Waals surface area contributed by atoms with Crippen LogP contribution in [0.4, 0.5) is 4.39 Å². The molecule has 1 unspecified atom stereocenters. The minimum Gasteiger partial charge on any atom is -0.368 e. The Morgan fingerprint density at radius 1 is 1.38 bits per heavy atom. The Bertz CT molecular complexity index is 674. The van der Waals surface area contributed by atoms with E-state index in [1.165, 1.54) is 6.07 Å². The molecule has 21 heavy (non-hydrogen) atoms. The van der Waals surface area contributed by atoms with Crippen LogP contribution in [0.25, 0.3) is 10.9 Å². The van der Waals surface area contributed by atoms with Crippen LogP contribution in [0.1, 0.15) is 24.8 Å². The van der Waals surface area contributed by atoms with Gasteiger partial charge >= 0.3 is 0 Å². The predicted octanol–water partition coefficient (Wildman–Crippen LogP) is 2.21. The smallest absolute Gasteiger partial charge is 0.234 e. The standard InChI is InChI=1S/C16H18FN3O/c17-13-7-6-11(15-12(13)4-3-8-19-15)10-20-9-2-1-5-14(20)16(18)21/h3-4,6-8,14H,1-2,5,9-10H2,(H2,18,21). The van der Waals surface area contributed by atoms with E-state index in [0.29, 0.717) is 17.4 Å². The Labute approximate surface area is 122 Å². The van der Waals surface area contributed by atoms with Gasteiger partial charge in [0.2, 0.25) is 5.91 Å². The minimum atomic E-state index is -0.283. The molecule has 1 amide bonds. The summed E-state index contributed by atoms with van der Waals surface area (Å²) in [7, 11) is 0. The molecule has 0 saturated carbocycles. The van der Waals surface area contributed by atoms with E-state index in [-0.39, 0.29) is 17.8 Å². The van der Waals surface area contributed by atoms with Crippen molar-refractivity contribution >= 4 is 16.8 Å². The van der Waals surface area contributed by atoms with Gasteiger partial charge in [-0.25, -0.2) is 4.39 Å². The summed E-state index contributed by atoms with van der Waals surface area (Å²) < 4.78 is 13.8. The number of carbonyl (C=O) groups excluding carboxylic acids is 1. The van der Waals surface area contributed by atoms with E-state index in [9.17, 15) is 9.18 Å². The number of carbonyl (C=O) groups is 1. The van der Waals surface area contributed by atoms with Crippen LogP contribution >= 0.6 is 0 Å². The fourth-order valence-corrected chi connectivity index (χ4v) is 3.05. The lowest BCUT2D eigenvalue weighted by molar-refractivity contribution is -0.124. The second-order valence-electron chi connectivity index (χ2n) is 5.49. The van der Waals surface area contributed by atoms with Gasteiger partial charge in [0.1, 0.15) is 5.82 Å². The first-order valence-corrected chi connectivity index (χ1v) is 7.22. The average Bonchev–Trinajstić information content (AvgIpc) is 2.51. The van der Waals surface area contributed by atoms with Crippen molar-refractivity contribution in [1.29, 1.82) is 0 Å². The first kappa shape index (κ1) is 13.9. The van der Waals surface area contributed by atoms with Crippen LogP contribution in [0.15, 0.2) is 30.5 Å². The topological polar surface area (TPSA) is 59.2 Å². The van der Waals surface area contributed by atoms with Crippen LogP contribution in [0.3, 0.4) is 0 Å². The fraction of sp³-hybridized carbons (Fsp3) is 0.375. The number of benzene rings is 1. The molecule has 1 aromatic heterocycles. The highest BCUT2D eigenvalue weighted by Crippen LogP contribution is 2.24. The number of rotatable bonds is 3. The highest BCUT2D eigenvalue weighted by Gasteiger charge is 2.27. The van der Waals surface area contributed by atoms with Crippen LogP contribution in [-0.4, -0.2) is 28.4 Å². The largest absolute Gasteiger partial charge is 0.368 e. The van der Waals surface area contributed by atoms with Gasteiger partial charge in [-0.05, 0) is 43.1 Å². The first-order valence-electron chi connectivity index (χ1n) is 7.22. The number of nitrogens with two attached hydrogens (primary N) is 1. The van der Waals surface area contributed by atoms with Crippen LogP contribution in [-0.2, 0) is 11.3 Å². The van der Waals surface area contributed by atoms with Gasteiger partial charge in [0.05, 0.1) is 11.6 Å². The van der Waals surface area contributed by atoms with Crippen molar-refractivity contribution in [3.05, 3.63) is 41.8 Å². The summed E-state index contributed by atoms with van der Waals surface area (Å²) in [6.07, 6.45) is 4.53. The van der Waals surface area contributed by atoms with Gasteiger partial charge in [-0.2, -0.15) is 0 Å². The molecule has 1 aliphatic heterocycles. The second kappa shape index (κ2) is 5.77. The molecule has 0 bridgehead atoms. The van der Waals surface area contributed by atoms with Gasteiger partial charge in [0, 0.05) is 18.1 Å². The summed E-state index contributed by atoms with van der Waals surface area (Å²) in [5.41, 5.74) is 7.08. The van der Waals surface area contributed by atoms with Gasteiger partial charge < -0.3 is 5.73 Å². The Morgan fingerprint density at radius 3 is 3.05 bits per heavy atom. The van der Waals surface area contributed by atoms with Gasteiger partial charge in [0.15, 0.2) is 0 Å². The molecular formula is C16H18FN3O. The average molecular weight is 287 g/mol. The third-order valence-corrected chi connectivity index (χ3v) is 4.12. The monoisotopic (exact) mass is 287 g/mol. The summed E-state index contributed by atoms with van der Waals surface area (Å²) >= 11 is 0. The number of amides is 1. The maximum atomic E-state index is 13.8. The van der Waals surface area contributed by atoms with Crippen molar-refractivity contribution in [1.82, 2.24) is 9.88 Å². The summed E-state index contributed by atoms with van der Waals surface area (Å²) in [5, 5.41) is 0.516. The van der Waals surface area contributed by atoms with Crippen molar-refractivity contribution in [2.24, 2.45) is 5.73 Å². The molecule has 1 fully saturated rings.